The highest BCUT2D eigenvalue weighted by atomic mass is 16.6. The molecule has 0 saturated carbocycles. The number of hydrogen-bond acceptors (Lipinski definition) is 5. The molecule has 23 heavy (non-hydrogen) atoms. The van der Waals surface area contributed by atoms with Gasteiger partial charge in [-0.05, 0) is 24.1 Å². The Morgan fingerprint density at radius 3 is 2.87 bits per heavy atom. The van der Waals surface area contributed by atoms with Crippen LogP contribution in [0.25, 0.3) is 0 Å². The molecule has 1 aliphatic rings. The molecule has 2 N–H and O–H groups in total. The number of anilines is 1. The average molecular weight is 314 g/mol. The van der Waals surface area contributed by atoms with Crippen LogP contribution >= 0.6 is 0 Å². The van der Waals surface area contributed by atoms with Crippen LogP contribution in [0.3, 0.4) is 0 Å². The molecule has 3 rings (SSSR count). The van der Waals surface area contributed by atoms with Gasteiger partial charge in [0.25, 0.3) is 0 Å². The van der Waals surface area contributed by atoms with E-state index in [1.165, 1.54) is 0 Å². The maximum absolute atomic E-state index is 10.6. The summed E-state index contributed by atoms with van der Waals surface area (Å²) in [5, 5.41) is 12.0. The first kappa shape index (κ1) is 15.1. The fourth-order valence-corrected chi connectivity index (χ4v) is 2.37. The second kappa shape index (κ2) is 7.00. The first-order valence-corrected chi connectivity index (χ1v) is 7.50. The molecule has 1 aromatic heterocycles. The zero-order valence-corrected chi connectivity index (χ0v) is 12.6. The number of hydrogen-bond donors (Lipinski definition) is 2. The second-order valence-electron chi connectivity index (χ2n) is 5.27. The summed E-state index contributed by atoms with van der Waals surface area (Å²) in [7, 11) is 0. The molecule has 0 aliphatic carbocycles. The zero-order chi connectivity index (χ0) is 16.1. The lowest BCUT2D eigenvalue weighted by molar-refractivity contribution is -0.136. The summed E-state index contributed by atoms with van der Waals surface area (Å²) >= 11 is 0. The predicted molar refractivity (Wildman–Crippen MR) is 85.0 cm³/mol. The molecule has 0 saturated heterocycles. The van der Waals surface area contributed by atoms with E-state index < -0.39 is 5.97 Å². The second-order valence-corrected chi connectivity index (χ2v) is 5.27. The molecule has 6 heteroatoms. The van der Waals surface area contributed by atoms with Gasteiger partial charge in [0.1, 0.15) is 13.2 Å². The zero-order valence-electron chi connectivity index (χ0n) is 12.6. The van der Waals surface area contributed by atoms with E-state index in [9.17, 15) is 4.79 Å². The highest BCUT2D eigenvalue weighted by Gasteiger charge is 2.12. The number of carbonyl (C=O) groups is 1. The van der Waals surface area contributed by atoms with E-state index >= 15 is 0 Å². The number of aliphatic carboxylic acids is 1. The fraction of sp³-hybridized carbons (Fsp3) is 0.294. The van der Waals surface area contributed by atoms with Gasteiger partial charge >= 0.3 is 5.97 Å². The Labute approximate surface area is 134 Å². The molecule has 2 aromatic rings. The van der Waals surface area contributed by atoms with E-state index in [0.717, 1.165) is 22.7 Å². The van der Waals surface area contributed by atoms with Crippen molar-refractivity contribution in [2.75, 3.05) is 18.5 Å². The Morgan fingerprint density at radius 1 is 1.22 bits per heavy atom. The summed E-state index contributed by atoms with van der Waals surface area (Å²) in [6, 6.07) is 9.62. The molecule has 0 spiro atoms. The largest absolute Gasteiger partial charge is 0.486 e. The molecule has 0 amide bonds. The van der Waals surface area contributed by atoms with Gasteiger partial charge in [0, 0.05) is 18.2 Å². The van der Waals surface area contributed by atoms with Gasteiger partial charge in [0.15, 0.2) is 11.5 Å². The number of nitrogens with one attached hydrogen (secondary N) is 1. The predicted octanol–water partition coefficient (Wildman–Crippen LogP) is 2.48. The molecule has 1 aliphatic heterocycles. The fourth-order valence-electron chi connectivity index (χ4n) is 2.37. The first-order chi connectivity index (χ1) is 11.2. The van der Waals surface area contributed by atoms with Crippen LogP contribution in [0.1, 0.15) is 17.7 Å². The molecule has 2 heterocycles. The Kier molecular flexibility index (Phi) is 4.61. The van der Waals surface area contributed by atoms with Gasteiger partial charge in [-0.1, -0.05) is 12.1 Å². The standard InChI is InChI=1S/C17H18N2O4/c20-17(21)5-4-12-2-1-3-13(8-12)18-10-14-9-15-16(11-19-14)23-7-6-22-15/h1-3,8-9,11,18H,4-7,10H2,(H,20,21). The van der Waals surface area contributed by atoms with Crippen LogP contribution in [0.5, 0.6) is 11.5 Å². The number of aryl methyl sites for hydroxylation is 1. The van der Waals surface area contributed by atoms with E-state index in [2.05, 4.69) is 10.3 Å². The summed E-state index contributed by atoms with van der Waals surface area (Å²) in [5.74, 6) is 0.609. The van der Waals surface area contributed by atoms with E-state index in [4.69, 9.17) is 14.6 Å². The van der Waals surface area contributed by atoms with Crippen molar-refractivity contribution < 1.29 is 19.4 Å². The van der Waals surface area contributed by atoms with Crippen molar-refractivity contribution in [3.63, 3.8) is 0 Å². The van der Waals surface area contributed by atoms with Gasteiger partial charge in [-0.2, -0.15) is 0 Å². The van der Waals surface area contributed by atoms with Gasteiger partial charge in [0.2, 0.25) is 0 Å². The third kappa shape index (κ3) is 4.12. The first-order valence-electron chi connectivity index (χ1n) is 7.50. The average Bonchev–Trinajstić information content (AvgIpc) is 2.58. The van der Waals surface area contributed by atoms with E-state index in [1.54, 1.807) is 6.20 Å². The van der Waals surface area contributed by atoms with Gasteiger partial charge < -0.3 is 19.9 Å². The highest BCUT2D eigenvalue weighted by Crippen LogP contribution is 2.29. The molecule has 0 radical (unpaired) electrons. The Bertz CT molecular complexity index is 703. The number of fused-ring (bicyclic) bond motifs is 1. The SMILES string of the molecule is O=C(O)CCc1cccc(NCc2cc3c(cn2)OCCO3)c1. The molecule has 6 nitrogen and oxygen atoms in total. The van der Waals surface area contributed by atoms with E-state index in [0.29, 0.717) is 31.9 Å². The highest BCUT2D eigenvalue weighted by molar-refractivity contribution is 5.67. The maximum atomic E-state index is 10.6. The lowest BCUT2D eigenvalue weighted by atomic mass is 10.1. The van der Waals surface area contributed by atoms with Gasteiger partial charge in [-0.3, -0.25) is 9.78 Å². The number of carboxylic acids is 1. The third-order valence-corrected chi connectivity index (χ3v) is 3.51. The minimum Gasteiger partial charge on any atom is -0.486 e. The van der Waals surface area contributed by atoms with Gasteiger partial charge in [-0.25, -0.2) is 0 Å². The number of benzene rings is 1. The minimum absolute atomic E-state index is 0.132. The third-order valence-electron chi connectivity index (χ3n) is 3.51. The summed E-state index contributed by atoms with van der Waals surface area (Å²) in [6.07, 6.45) is 2.33. The Balaban J connectivity index is 1.61. The maximum Gasteiger partial charge on any atom is 0.303 e. The molecule has 1 aromatic carbocycles. The van der Waals surface area contributed by atoms with Gasteiger partial charge in [-0.15, -0.1) is 0 Å². The molecule has 0 atom stereocenters. The van der Waals surface area contributed by atoms with Crippen molar-refractivity contribution in [3.8, 4) is 11.5 Å². The smallest absolute Gasteiger partial charge is 0.303 e. The number of pyridine rings is 1. The van der Waals surface area contributed by atoms with Crippen molar-refractivity contribution in [2.24, 2.45) is 0 Å². The van der Waals surface area contributed by atoms with Crippen LogP contribution in [-0.2, 0) is 17.8 Å². The Morgan fingerprint density at radius 2 is 2.04 bits per heavy atom. The Hall–Kier alpha value is -2.76. The van der Waals surface area contributed by atoms with Crippen LogP contribution < -0.4 is 14.8 Å². The number of rotatable bonds is 6. The van der Waals surface area contributed by atoms with Crippen LogP contribution in [-0.4, -0.2) is 29.3 Å². The topological polar surface area (TPSA) is 80.7 Å². The lowest BCUT2D eigenvalue weighted by Crippen LogP contribution is -2.16. The van der Waals surface area contributed by atoms with Crippen molar-refractivity contribution >= 4 is 11.7 Å². The van der Waals surface area contributed by atoms with Crippen molar-refractivity contribution in [1.82, 2.24) is 4.98 Å². The summed E-state index contributed by atoms with van der Waals surface area (Å²) in [5.41, 5.74) is 2.78. The van der Waals surface area contributed by atoms with Crippen molar-refractivity contribution in [1.29, 1.82) is 0 Å². The molecule has 0 fully saturated rings. The number of ether oxygens (including phenoxy) is 2. The molecule has 0 bridgehead atoms. The molecule has 0 unspecified atom stereocenters. The molecular weight excluding hydrogens is 296 g/mol. The quantitative estimate of drug-likeness (QED) is 0.852. The molecular formula is C17H18N2O4. The summed E-state index contributed by atoms with van der Waals surface area (Å²) in [6.45, 7) is 1.66. The lowest BCUT2D eigenvalue weighted by Gasteiger charge is -2.18. The van der Waals surface area contributed by atoms with Crippen LogP contribution in [0, 0.1) is 0 Å². The summed E-state index contributed by atoms with van der Waals surface area (Å²) < 4.78 is 11.0. The van der Waals surface area contributed by atoms with Crippen LogP contribution in [0.15, 0.2) is 36.5 Å². The van der Waals surface area contributed by atoms with Crippen LogP contribution in [0.2, 0.25) is 0 Å². The minimum atomic E-state index is -0.788. The summed E-state index contributed by atoms with van der Waals surface area (Å²) in [4.78, 5) is 15.0. The van der Waals surface area contributed by atoms with Crippen LogP contribution in [0.4, 0.5) is 5.69 Å². The number of carboxylic acid groups (broad SMARTS) is 1. The normalized spacial score (nSPS) is 12.7. The van der Waals surface area contributed by atoms with Crippen molar-refractivity contribution in [3.05, 3.63) is 47.8 Å². The molecule has 120 valence electrons. The number of aromatic nitrogens is 1. The van der Waals surface area contributed by atoms with E-state index in [-0.39, 0.29) is 6.42 Å². The monoisotopic (exact) mass is 314 g/mol. The van der Waals surface area contributed by atoms with Crippen molar-refractivity contribution in [2.45, 2.75) is 19.4 Å². The number of nitrogens with zero attached hydrogens (tertiary/aromatic N) is 1. The van der Waals surface area contributed by atoms with Gasteiger partial charge in [0.05, 0.1) is 18.4 Å². The van der Waals surface area contributed by atoms with E-state index in [1.807, 2.05) is 30.3 Å².